The van der Waals surface area contributed by atoms with Crippen LogP contribution in [-0.2, 0) is 129 Å². The maximum Gasteiger partial charge on any atom is 0.305 e. The average Bonchev–Trinajstić information content (AvgIpc) is 3.17. The number of carbonyl (C=O) groups is 11. The smallest absolute Gasteiger partial charge is 0.305 e. The fourth-order valence-corrected chi connectivity index (χ4v) is 7.04. The number of ether oxygens (including phenoxy) is 16. The van der Waals surface area contributed by atoms with Crippen LogP contribution >= 0.6 is 0 Å². The monoisotopic (exact) mass is 966 g/mol. The molecule has 27 nitrogen and oxygen atoms in total. The van der Waals surface area contributed by atoms with Gasteiger partial charge in [0.1, 0.15) is 31.5 Å². The molecule has 0 aliphatic carbocycles. The molecule has 0 amide bonds. The Labute approximate surface area is 382 Å². The lowest BCUT2D eigenvalue weighted by molar-refractivity contribution is -0.373. The lowest BCUT2D eigenvalue weighted by Crippen LogP contribution is -2.67. The van der Waals surface area contributed by atoms with Crippen LogP contribution < -0.4 is 0 Å². The highest BCUT2D eigenvalue weighted by Gasteiger charge is 2.59. The minimum absolute atomic E-state index is 0.704. The van der Waals surface area contributed by atoms with Crippen LogP contribution in [0.1, 0.15) is 76.2 Å². The molecule has 0 aromatic rings. The van der Waals surface area contributed by atoms with E-state index in [-0.39, 0.29) is 0 Å². The van der Waals surface area contributed by atoms with Crippen LogP contribution in [0, 0.1) is 0 Å². The van der Waals surface area contributed by atoms with Gasteiger partial charge in [0.05, 0.1) is 6.61 Å². The third kappa shape index (κ3) is 17.0. The molecule has 67 heavy (non-hydrogen) atoms. The van der Waals surface area contributed by atoms with Gasteiger partial charge in [0.15, 0.2) is 61.4 Å². The molecule has 0 saturated carbocycles. The van der Waals surface area contributed by atoms with Crippen molar-refractivity contribution in [1.82, 2.24) is 0 Å². The van der Waals surface area contributed by atoms with Crippen molar-refractivity contribution in [2.24, 2.45) is 0 Å². The highest BCUT2D eigenvalue weighted by atomic mass is 16.8. The maximum absolute atomic E-state index is 12.9. The number of rotatable bonds is 18. The van der Waals surface area contributed by atoms with Crippen molar-refractivity contribution in [3.63, 3.8) is 0 Å². The Morgan fingerprint density at radius 1 is 0.284 bits per heavy atom. The highest BCUT2D eigenvalue weighted by molar-refractivity contribution is 5.71. The van der Waals surface area contributed by atoms with Gasteiger partial charge < -0.3 is 75.8 Å². The molecule has 376 valence electrons. The molecule has 0 aromatic carbocycles. The molecule has 27 heteroatoms. The van der Waals surface area contributed by atoms with Crippen molar-refractivity contribution in [1.29, 1.82) is 0 Å². The molecule has 15 atom stereocenters. The second-order valence-corrected chi connectivity index (χ2v) is 14.9. The molecule has 0 aromatic heterocycles. The van der Waals surface area contributed by atoms with Gasteiger partial charge in [0.25, 0.3) is 0 Å². The zero-order chi connectivity index (χ0) is 50.4. The Bertz CT molecular complexity index is 1850. The first kappa shape index (κ1) is 55.3. The molecule has 0 radical (unpaired) electrons. The normalized spacial score (nSPS) is 31.2. The molecule has 0 spiro atoms. The molecule has 3 saturated heterocycles. The van der Waals surface area contributed by atoms with Crippen LogP contribution in [0.25, 0.3) is 0 Å². The standard InChI is InChI=1S/C40H54O27/c1-15(41)52-12-26-29(55-17(3)43)32(58-20(6)46)35(67-40-37(62-24(10)50)34(60-22(8)48)30(56-18(4)44)27(66-40)13-53-16(2)42)38(64-26)54-14-28-31(57-19(5)45)33(59-21(7)47)36(61-23(9)49)39(65-28)63-25(11)51/h26-40H,12-14H2,1-11H3/t26-,27-,28-,29-,30-,31-,32+,33+,34+,35-,36-,37-,38-,39-,40+/m1/s1. The van der Waals surface area contributed by atoms with E-state index in [2.05, 4.69) is 0 Å². The minimum atomic E-state index is -2.03. The van der Waals surface area contributed by atoms with Gasteiger partial charge in [-0.2, -0.15) is 0 Å². The lowest BCUT2D eigenvalue weighted by Gasteiger charge is -2.49. The van der Waals surface area contributed by atoms with E-state index in [1.54, 1.807) is 0 Å². The van der Waals surface area contributed by atoms with Gasteiger partial charge in [-0.1, -0.05) is 0 Å². The Kier molecular flexibility index (Phi) is 20.8. The van der Waals surface area contributed by atoms with E-state index < -0.39 is 178 Å². The summed E-state index contributed by atoms with van der Waals surface area (Å²) in [5, 5.41) is 0. The van der Waals surface area contributed by atoms with Crippen LogP contribution in [0.2, 0.25) is 0 Å². The summed E-state index contributed by atoms with van der Waals surface area (Å²) in [4.78, 5) is 137. The quantitative estimate of drug-likeness (QED) is 0.114. The number of carbonyl (C=O) groups excluding carboxylic acids is 11. The summed E-state index contributed by atoms with van der Waals surface area (Å²) in [6, 6.07) is 0. The Hall–Kier alpha value is -6.03. The van der Waals surface area contributed by atoms with Crippen molar-refractivity contribution in [2.75, 3.05) is 19.8 Å². The minimum Gasteiger partial charge on any atom is -0.463 e. The molecule has 3 heterocycles. The number of hydrogen-bond donors (Lipinski definition) is 0. The molecule has 3 aliphatic rings. The molecular formula is C40H54O27. The third-order valence-corrected chi connectivity index (χ3v) is 9.09. The molecule has 0 unspecified atom stereocenters. The van der Waals surface area contributed by atoms with Gasteiger partial charge in [-0.3, -0.25) is 52.7 Å². The zero-order valence-electron chi connectivity index (χ0n) is 38.3. The predicted octanol–water partition coefficient (Wildman–Crippen LogP) is -1.29. The van der Waals surface area contributed by atoms with Gasteiger partial charge >= 0.3 is 65.7 Å². The predicted molar refractivity (Wildman–Crippen MR) is 206 cm³/mol. The zero-order valence-corrected chi connectivity index (χ0v) is 38.3. The first-order valence-electron chi connectivity index (χ1n) is 20.3. The van der Waals surface area contributed by atoms with Crippen LogP contribution in [-0.4, -0.2) is 178 Å². The van der Waals surface area contributed by atoms with Crippen molar-refractivity contribution >= 4 is 65.7 Å². The van der Waals surface area contributed by atoms with Crippen molar-refractivity contribution in [3.8, 4) is 0 Å². The number of hydrogen-bond acceptors (Lipinski definition) is 27. The van der Waals surface area contributed by atoms with E-state index in [1.807, 2.05) is 0 Å². The summed E-state index contributed by atoms with van der Waals surface area (Å²) < 4.78 is 90.2. The molecule has 3 rings (SSSR count). The maximum atomic E-state index is 12.9. The van der Waals surface area contributed by atoms with Crippen molar-refractivity contribution in [2.45, 2.75) is 168 Å². The third-order valence-electron chi connectivity index (χ3n) is 9.09. The second kappa shape index (κ2) is 25.2. The fraction of sp³-hybridized carbons (Fsp3) is 0.725. The van der Waals surface area contributed by atoms with Crippen LogP contribution in [0.5, 0.6) is 0 Å². The number of esters is 11. The fourth-order valence-electron chi connectivity index (χ4n) is 7.04. The van der Waals surface area contributed by atoms with Gasteiger partial charge in [-0.25, -0.2) is 0 Å². The highest BCUT2D eigenvalue weighted by Crippen LogP contribution is 2.37. The van der Waals surface area contributed by atoms with Gasteiger partial charge in [0.2, 0.25) is 12.4 Å². The van der Waals surface area contributed by atoms with Crippen LogP contribution in [0.15, 0.2) is 0 Å². The van der Waals surface area contributed by atoms with E-state index in [0.29, 0.717) is 0 Å². The molecule has 0 N–H and O–H groups in total. The average molecular weight is 967 g/mol. The molecule has 3 aliphatic heterocycles. The molecule has 0 bridgehead atoms. The van der Waals surface area contributed by atoms with E-state index in [9.17, 15) is 52.7 Å². The summed E-state index contributed by atoms with van der Waals surface area (Å²) >= 11 is 0. The van der Waals surface area contributed by atoms with E-state index in [0.717, 1.165) is 76.2 Å². The van der Waals surface area contributed by atoms with Crippen molar-refractivity contribution < 1.29 is 129 Å². The second-order valence-electron chi connectivity index (χ2n) is 14.9. The van der Waals surface area contributed by atoms with Crippen LogP contribution in [0.4, 0.5) is 0 Å². The van der Waals surface area contributed by atoms with Gasteiger partial charge in [-0.05, 0) is 0 Å². The summed E-state index contributed by atoms with van der Waals surface area (Å²) in [5.74, 6) is -10.6. The van der Waals surface area contributed by atoms with Crippen LogP contribution in [0.3, 0.4) is 0 Å². The summed E-state index contributed by atoms with van der Waals surface area (Å²) in [5.41, 5.74) is 0. The Morgan fingerprint density at radius 3 is 0.896 bits per heavy atom. The van der Waals surface area contributed by atoms with E-state index in [1.165, 1.54) is 0 Å². The largest absolute Gasteiger partial charge is 0.463 e. The summed E-state index contributed by atoms with van der Waals surface area (Å²) in [7, 11) is 0. The molecule has 3 fully saturated rings. The Balaban J connectivity index is 2.30. The first-order chi connectivity index (χ1) is 31.3. The SMILES string of the molecule is CC(=O)OC[C@H]1O[C@@H](O[C@H]2[C@H](OC[C@H]3O[C@@H](OC(C)=O)[C@H](OC(C)=O)[C@@H](OC(C)=O)[C@@H]3OC(C)=O)O[C@H](COC(C)=O)[C@@H](OC(C)=O)[C@@H]2OC(C)=O)[C@H](OC(C)=O)[C@@H](OC(C)=O)[C@@H]1OC(C)=O. The first-order valence-corrected chi connectivity index (χ1v) is 20.3. The van der Waals surface area contributed by atoms with Gasteiger partial charge in [-0.15, -0.1) is 0 Å². The van der Waals surface area contributed by atoms with E-state index in [4.69, 9.17) is 75.8 Å². The lowest BCUT2D eigenvalue weighted by atomic mass is 9.96. The Morgan fingerprint density at radius 2 is 0.552 bits per heavy atom. The summed E-state index contributed by atoms with van der Waals surface area (Å²) in [6.45, 7) is 8.53. The summed E-state index contributed by atoms with van der Waals surface area (Å²) in [6.07, 6.45) is -26.8. The molecular weight excluding hydrogens is 912 g/mol. The van der Waals surface area contributed by atoms with Crippen molar-refractivity contribution in [3.05, 3.63) is 0 Å². The van der Waals surface area contributed by atoms with E-state index >= 15 is 0 Å². The van der Waals surface area contributed by atoms with Gasteiger partial charge in [0, 0.05) is 76.2 Å². The topological polar surface area (TPSA) is 335 Å².